The van der Waals surface area contributed by atoms with Gasteiger partial charge in [0.05, 0.1) is 0 Å². The molecule has 0 saturated heterocycles. The molecule has 0 bridgehead atoms. The van der Waals surface area contributed by atoms with Crippen LogP contribution >= 0.6 is 0 Å². The quantitative estimate of drug-likeness (QED) is 0.552. The molecule has 0 heterocycles. The zero-order chi connectivity index (χ0) is 23.8. The molecule has 1 aromatic carbocycles. The van der Waals surface area contributed by atoms with Crippen molar-refractivity contribution in [2.24, 2.45) is 16.2 Å². The van der Waals surface area contributed by atoms with Crippen molar-refractivity contribution in [2.75, 3.05) is 0 Å². The Bertz CT molecular complexity index is 827. The molecule has 0 saturated carbocycles. The topological polar surface area (TPSA) is 78.9 Å². The molecule has 0 spiro atoms. The molecule has 1 aliphatic carbocycles. The van der Waals surface area contributed by atoms with Crippen molar-refractivity contribution in [1.29, 1.82) is 0 Å². The van der Waals surface area contributed by atoms with Gasteiger partial charge in [-0.3, -0.25) is 0 Å². The Hall–Kier alpha value is -1.92. The normalized spacial score (nSPS) is 16.5. The summed E-state index contributed by atoms with van der Waals surface area (Å²) >= 11 is -4.96. The molecule has 1 atom stereocenters. The second kappa shape index (κ2) is 8.55. The van der Waals surface area contributed by atoms with Crippen LogP contribution in [0.15, 0.2) is 30.3 Å². The molecule has 0 amide bonds. The van der Waals surface area contributed by atoms with Gasteiger partial charge in [-0.2, -0.15) is 0 Å². The fraction of sp³-hybridized carbons (Fsp3) is 0.542. The van der Waals surface area contributed by atoms with Gasteiger partial charge in [0, 0.05) is 0 Å². The van der Waals surface area contributed by atoms with Gasteiger partial charge in [0.25, 0.3) is 0 Å². The first-order valence-electron chi connectivity index (χ1n) is 10.4. The fourth-order valence-corrected chi connectivity index (χ4v) is 7.62. The molecule has 2 rings (SSSR count). The van der Waals surface area contributed by atoms with E-state index in [0.717, 1.165) is 11.1 Å². The molecule has 7 heteroatoms. The van der Waals surface area contributed by atoms with Crippen LogP contribution in [0.4, 0.5) is 0 Å². The SMILES string of the molecule is CC(C)(C)C(=O)[O][Ti]([O]C(=O)C(C)(C)C)([O]C(=O)C(C)(C)C)[CH]1C=Cc2ccccc21. The minimum atomic E-state index is -4.96. The van der Waals surface area contributed by atoms with E-state index >= 15 is 0 Å². The van der Waals surface area contributed by atoms with Crippen molar-refractivity contribution in [1.82, 2.24) is 0 Å². The molecular weight excluding hydrogens is 432 g/mol. The van der Waals surface area contributed by atoms with E-state index in [2.05, 4.69) is 0 Å². The molecule has 0 N–H and O–H groups in total. The van der Waals surface area contributed by atoms with E-state index in [4.69, 9.17) is 9.96 Å². The van der Waals surface area contributed by atoms with Crippen LogP contribution in [0.25, 0.3) is 6.08 Å². The van der Waals surface area contributed by atoms with Crippen LogP contribution in [0.5, 0.6) is 0 Å². The molecule has 1 aromatic rings. The van der Waals surface area contributed by atoms with E-state index in [1.165, 1.54) is 0 Å². The standard InChI is InChI=1S/C9H7.3C5H10O2.Ti/c1-2-5-9-7-3-6-8(9)4-1;3*1-5(2,3)4(6)7;/h1-7H;3*1-3H3,(H,6,7);/q;;;;+3/p-3. The Morgan fingerprint density at radius 1 is 0.710 bits per heavy atom. The number of carbonyl (C=O) groups is 3. The summed E-state index contributed by atoms with van der Waals surface area (Å²) in [6, 6.07) is 7.54. The van der Waals surface area contributed by atoms with E-state index in [0.29, 0.717) is 0 Å². The van der Waals surface area contributed by atoms with Gasteiger partial charge in [-0.25, -0.2) is 0 Å². The monoisotopic (exact) mass is 466 g/mol. The number of benzene rings is 1. The van der Waals surface area contributed by atoms with Crippen molar-refractivity contribution in [2.45, 2.75) is 66.5 Å². The van der Waals surface area contributed by atoms with E-state index < -0.39 is 56.1 Å². The molecule has 0 fully saturated rings. The molecule has 0 radical (unpaired) electrons. The predicted molar refractivity (Wildman–Crippen MR) is 115 cm³/mol. The summed E-state index contributed by atoms with van der Waals surface area (Å²) in [5.41, 5.74) is -0.900. The molecule has 0 aliphatic heterocycles. The maximum atomic E-state index is 13.0. The summed E-state index contributed by atoms with van der Waals surface area (Å²) in [4.78, 5) is 39.1. The van der Waals surface area contributed by atoms with Gasteiger partial charge in [-0.1, -0.05) is 0 Å². The maximum absolute atomic E-state index is 13.0. The van der Waals surface area contributed by atoms with Crippen LogP contribution in [-0.4, -0.2) is 17.9 Å². The average molecular weight is 466 g/mol. The Balaban J connectivity index is 2.68. The average Bonchev–Trinajstić information content (AvgIpc) is 3.03. The molecule has 170 valence electrons. The Morgan fingerprint density at radius 2 is 1.10 bits per heavy atom. The van der Waals surface area contributed by atoms with Crippen molar-refractivity contribution >= 4 is 24.0 Å². The summed E-state index contributed by atoms with van der Waals surface area (Å²) in [7, 11) is 0. The summed E-state index contributed by atoms with van der Waals surface area (Å²) in [5.74, 6) is -1.73. The molecule has 1 unspecified atom stereocenters. The first-order chi connectivity index (χ1) is 14.0. The van der Waals surface area contributed by atoms with Crippen LogP contribution in [-0.2, 0) is 42.1 Å². The molecule has 31 heavy (non-hydrogen) atoms. The fourth-order valence-electron chi connectivity index (χ4n) is 2.66. The second-order valence-corrected chi connectivity index (χ2v) is 14.8. The third-order valence-electron chi connectivity index (χ3n) is 4.72. The number of fused-ring (bicyclic) bond motifs is 1. The summed E-state index contributed by atoms with van der Waals surface area (Å²) < 4.78 is 17.3. The predicted octanol–water partition coefficient (Wildman–Crippen LogP) is 5.42. The third-order valence-corrected chi connectivity index (χ3v) is 8.90. The molecule has 6 nitrogen and oxygen atoms in total. The zero-order valence-electron chi connectivity index (χ0n) is 20.0. The van der Waals surface area contributed by atoms with Gasteiger partial charge >= 0.3 is 190 Å². The Morgan fingerprint density at radius 3 is 1.48 bits per heavy atom. The number of hydrogen-bond donors (Lipinski definition) is 0. The zero-order valence-corrected chi connectivity index (χ0v) is 21.6. The van der Waals surface area contributed by atoms with Crippen LogP contribution in [0.1, 0.15) is 77.7 Å². The molecule has 1 aliphatic rings. The van der Waals surface area contributed by atoms with Gasteiger partial charge in [0.2, 0.25) is 0 Å². The second-order valence-electron chi connectivity index (χ2n) is 11.0. The number of allylic oxidation sites excluding steroid dienone is 1. The summed E-state index contributed by atoms with van der Waals surface area (Å²) in [6.07, 6.45) is 3.69. The van der Waals surface area contributed by atoms with Gasteiger partial charge in [0.15, 0.2) is 0 Å². The Labute approximate surface area is 190 Å². The Kier molecular flexibility index (Phi) is 6.99. The minimum absolute atomic E-state index is 0.575. The van der Waals surface area contributed by atoms with E-state index in [9.17, 15) is 14.4 Å². The van der Waals surface area contributed by atoms with Gasteiger partial charge < -0.3 is 0 Å². The van der Waals surface area contributed by atoms with Crippen molar-refractivity contribution < 1.29 is 42.1 Å². The number of carbonyl (C=O) groups excluding carboxylic acids is 3. The summed E-state index contributed by atoms with van der Waals surface area (Å²) in [5, 5.41) is 0. The van der Waals surface area contributed by atoms with E-state index in [-0.39, 0.29) is 0 Å². The first kappa shape index (κ1) is 25.3. The molecular formula is C24H34O6Ti. The van der Waals surface area contributed by atoms with Gasteiger partial charge in [-0.05, 0) is 0 Å². The van der Waals surface area contributed by atoms with Crippen LogP contribution in [0.3, 0.4) is 0 Å². The van der Waals surface area contributed by atoms with Crippen LogP contribution < -0.4 is 0 Å². The number of hydrogen-bond acceptors (Lipinski definition) is 6. The number of rotatable bonds is 4. The van der Waals surface area contributed by atoms with Gasteiger partial charge in [-0.15, -0.1) is 0 Å². The van der Waals surface area contributed by atoms with E-state index in [1.807, 2.05) is 36.4 Å². The van der Waals surface area contributed by atoms with Crippen molar-refractivity contribution in [3.8, 4) is 0 Å². The van der Waals surface area contributed by atoms with Gasteiger partial charge in [0.1, 0.15) is 0 Å². The molecule has 0 aromatic heterocycles. The summed E-state index contributed by atoms with van der Waals surface area (Å²) in [6.45, 7) is 15.4. The first-order valence-corrected chi connectivity index (χ1v) is 13.3. The van der Waals surface area contributed by atoms with E-state index in [1.54, 1.807) is 62.3 Å². The van der Waals surface area contributed by atoms with Crippen LogP contribution in [0, 0.1) is 16.2 Å². The van der Waals surface area contributed by atoms with Crippen molar-refractivity contribution in [3.63, 3.8) is 0 Å². The van der Waals surface area contributed by atoms with Crippen LogP contribution in [0.2, 0.25) is 0 Å². The third kappa shape index (κ3) is 5.86. The van der Waals surface area contributed by atoms with Crippen molar-refractivity contribution in [3.05, 3.63) is 41.5 Å².